The van der Waals surface area contributed by atoms with Crippen LogP contribution >= 0.6 is 0 Å². The van der Waals surface area contributed by atoms with Crippen LogP contribution in [0.3, 0.4) is 0 Å². The van der Waals surface area contributed by atoms with Gasteiger partial charge in [-0.1, -0.05) is 0 Å². The minimum absolute atomic E-state index is 0.0428. The summed E-state index contributed by atoms with van der Waals surface area (Å²) in [5.41, 5.74) is 4.06. The number of rotatable bonds is 5. The van der Waals surface area contributed by atoms with Crippen molar-refractivity contribution in [2.75, 3.05) is 25.5 Å². The van der Waals surface area contributed by atoms with E-state index in [1.54, 1.807) is 0 Å². The molecule has 0 aliphatic heterocycles. The van der Waals surface area contributed by atoms with Gasteiger partial charge in [0.2, 0.25) is 0 Å². The SMILES string of the molecule is CNc1ccc(C(F)(F)F)cc1C(=O)NCCNC(N)=O. The number of alkyl halides is 3. The number of halogens is 3. The van der Waals surface area contributed by atoms with E-state index in [1.807, 2.05) is 0 Å². The largest absolute Gasteiger partial charge is 0.416 e. The van der Waals surface area contributed by atoms with Gasteiger partial charge in [0.1, 0.15) is 0 Å². The Labute approximate surface area is 118 Å². The van der Waals surface area contributed by atoms with E-state index in [4.69, 9.17) is 5.73 Å². The van der Waals surface area contributed by atoms with E-state index in [-0.39, 0.29) is 24.3 Å². The fourth-order valence-corrected chi connectivity index (χ4v) is 1.58. The molecule has 0 aliphatic rings. The highest BCUT2D eigenvalue weighted by molar-refractivity contribution is 5.99. The first-order chi connectivity index (χ1) is 9.75. The van der Waals surface area contributed by atoms with Gasteiger partial charge in [-0.3, -0.25) is 4.79 Å². The smallest absolute Gasteiger partial charge is 0.387 e. The van der Waals surface area contributed by atoms with Crippen LogP contribution in [0.15, 0.2) is 18.2 Å². The van der Waals surface area contributed by atoms with Gasteiger partial charge in [0.05, 0.1) is 11.1 Å². The van der Waals surface area contributed by atoms with Crippen molar-refractivity contribution < 1.29 is 22.8 Å². The van der Waals surface area contributed by atoms with E-state index < -0.39 is 23.7 Å². The van der Waals surface area contributed by atoms with Crippen molar-refractivity contribution in [1.29, 1.82) is 0 Å². The normalized spacial score (nSPS) is 10.9. The molecule has 0 unspecified atom stereocenters. The lowest BCUT2D eigenvalue weighted by molar-refractivity contribution is -0.137. The van der Waals surface area contributed by atoms with E-state index in [1.165, 1.54) is 13.1 Å². The molecule has 5 N–H and O–H groups in total. The summed E-state index contributed by atoms with van der Waals surface area (Å²) in [7, 11) is 1.49. The van der Waals surface area contributed by atoms with Gasteiger partial charge in [-0.2, -0.15) is 13.2 Å². The van der Waals surface area contributed by atoms with Crippen molar-refractivity contribution >= 4 is 17.6 Å². The second kappa shape index (κ2) is 6.82. The Morgan fingerprint density at radius 3 is 2.33 bits per heavy atom. The second-order valence-corrected chi connectivity index (χ2v) is 4.06. The lowest BCUT2D eigenvalue weighted by Crippen LogP contribution is -2.37. The summed E-state index contributed by atoms with van der Waals surface area (Å²) >= 11 is 0. The summed E-state index contributed by atoms with van der Waals surface area (Å²) in [6.45, 7) is 0.121. The third-order valence-corrected chi connectivity index (χ3v) is 2.57. The van der Waals surface area contributed by atoms with Gasteiger partial charge in [0, 0.05) is 25.8 Å². The van der Waals surface area contributed by atoms with E-state index in [2.05, 4.69) is 16.0 Å². The van der Waals surface area contributed by atoms with Crippen LogP contribution in [0, 0.1) is 0 Å². The molecule has 0 atom stereocenters. The van der Waals surface area contributed by atoms with Crippen molar-refractivity contribution in [1.82, 2.24) is 10.6 Å². The number of amides is 3. The van der Waals surface area contributed by atoms with Gasteiger partial charge >= 0.3 is 12.2 Å². The van der Waals surface area contributed by atoms with E-state index in [0.29, 0.717) is 0 Å². The van der Waals surface area contributed by atoms with Crippen molar-refractivity contribution in [3.05, 3.63) is 29.3 Å². The van der Waals surface area contributed by atoms with Crippen LogP contribution < -0.4 is 21.7 Å². The molecule has 9 heteroatoms. The summed E-state index contributed by atoms with van der Waals surface area (Å²) in [6, 6.07) is 2.08. The first-order valence-corrected chi connectivity index (χ1v) is 5.96. The Kier molecular flexibility index (Phi) is 5.39. The number of anilines is 1. The molecule has 1 aromatic carbocycles. The molecule has 0 saturated heterocycles. The summed E-state index contributed by atoms with van der Waals surface area (Å²) in [5, 5.41) is 7.28. The third kappa shape index (κ3) is 4.86. The summed E-state index contributed by atoms with van der Waals surface area (Å²) in [5.74, 6) is -0.684. The fraction of sp³-hybridized carbons (Fsp3) is 0.333. The van der Waals surface area contributed by atoms with Crippen LogP contribution in [0.4, 0.5) is 23.7 Å². The average molecular weight is 304 g/mol. The topological polar surface area (TPSA) is 96.2 Å². The van der Waals surface area contributed by atoms with Crippen molar-refractivity contribution in [3.8, 4) is 0 Å². The van der Waals surface area contributed by atoms with E-state index >= 15 is 0 Å². The zero-order chi connectivity index (χ0) is 16.0. The molecule has 3 amide bonds. The monoisotopic (exact) mass is 304 g/mol. The molecule has 0 aliphatic carbocycles. The van der Waals surface area contributed by atoms with E-state index in [9.17, 15) is 22.8 Å². The number of carbonyl (C=O) groups excluding carboxylic acids is 2. The van der Waals surface area contributed by atoms with Gasteiger partial charge in [-0.15, -0.1) is 0 Å². The first kappa shape index (κ1) is 16.6. The fourth-order valence-electron chi connectivity index (χ4n) is 1.58. The Hall–Kier alpha value is -2.45. The Bertz CT molecular complexity index is 532. The molecule has 0 saturated carbocycles. The summed E-state index contributed by atoms with van der Waals surface area (Å²) in [6.07, 6.45) is -4.53. The molecular formula is C12H15F3N4O2. The van der Waals surface area contributed by atoms with Gasteiger partial charge in [-0.05, 0) is 18.2 Å². The predicted molar refractivity (Wildman–Crippen MR) is 70.9 cm³/mol. The third-order valence-electron chi connectivity index (χ3n) is 2.57. The minimum atomic E-state index is -4.53. The standard InChI is InChI=1S/C12H15F3N4O2/c1-17-9-3-2-7(12(13,14)15)6-8(9)10(20)18-4-5-19-11(16)21/h2-3,6,17H,4-5H2,1H3,(H,18,20)(H3,16,19,21). The van der Waals surface area contributed by atoms with Gasteiger partial charge in [0.15, 0.2) is 0 Å². The first-order valence-electron chi connectivity index (χ1n) is 5.96. The number of primary amides is 1. The number of urea groups is 1. The van der Waals surface area contributed by atoms with Gasteiger partial charge < -0.3 is 21.7 Å². The second-order valence-electron chi connectivity index (χ2n) is 4.06. The molecule has 6 nitrogen and oxygen atoms in total. The van der Waals surface area contributed by atoms with Crippen LogP contribution in [0.1, 0.15) is 15.9 Å². The predicted octanol–water partition coefficient (Wildman–Crippen LogP) is 1.15. The highest BCUT2D eigenvalue weighted by Gasteiger charge is 2.31. The molecule has 1 rings (SSSR count). The highest BCUT2D eigenvalue weighted by Crippen LogP contribution is 2.31. The van der Waals surface area contributed by atoms with Crippen LogP contribution in [0.2, 0.25) is 0 Å². The van der Waals surface area contributed by atoms with Crippen LogP contribution in [0.5, 0.6) is 0 Å². The summed E-state index contributed by atoms with van der Waals surface area (Å²) < 4.78 is 37.9. The number of benzene rings is 1. The van der Waals surface area contributed by atoms with Crippen LogP contribution in [0.25, 0.3) is 0 Å². The summed E-state index contributed by atoms with van der Waals surface area (Å²) in [4.78, 5) is 22.3. The molecule has 0 aromatic heterocycles. The van der Waals surface area contributed by atoms with Crippen LogP contribution in [-0.2, 0) is 6.18 Å². The zero-order valence-electron chi connectivity index (χ0n) is 11.2. The molecule has 0 bridgehead atoms. The highest BCUT2D eigenvalue weighted by atomic mass is 19.4. The number of nitrogens with two attached hydrogens (primary N) is 1. The van der Waals surface area contributed by atoms with E-state index in [0.717, 1.165) is 12.1 Å². The molecule has 116 valence electrons. The maximum Gasteiger partial charge on any atom is 0.416 e. The van der Waals surface area contributed by atoms with Gasteiger partial charge in [-0.25, -0.2) is 4.79 Å². The molecule has 0 radical (unpaired) electrons. The molecule has 21 heavy (non-hydrogen) atoms. The lowest BCUT2D eigenvalue weighted by Gasteiger charge is -2.13. The lowest BCUT2D eigenvalue weighted by atomic mass is 10.1. The number of hydrogen-bond acceptors (Lipinski definition) is 3. The number of nitrogens with one attached hydrogen (secondary N) is 3. The van der Waals surface area contributed by atoms with Crippen molar-refractivity contribution in [2.45, 2.75) is 6.18 Å². The number of hydrogen-bond donors (Lipinski definition) is 4. The minimum Gasteiger partial charge on any atom is -0.387 e. The molecular weight excluding hydrogens is 289 g/mol. The molecule has 0 heterocycles. The van der Waals surface area contributed by atoms with Gasteiger partial charge in [0.25, 0.3) is 5.91 Å². The molecule has 1 aromatic rings. The maximum atomic E-state index is 12.6. The number of carbonyl (C=O) groups is 2. The van der Waals surface area contributed by atoms with Crippen molar-refractivity contribution in [2.24, 2.45) is 5.73 Å². The quantitative estimate of drug-likeness (QED) is 0.614. The maximum absolute atomic E-state index is 12.6. The average Bonchev–Trinajstić information content (AvgIpc) is 2.41. The molecule has 0 spiro atoms. The van der Waals surface area contributed by atoms with Crippen LogP contribution in [-0.4, -0.2) is 32.1 Å². The van der Waals surface area contributed by atoms with Crippen molar-refractivity contribution in [3.63, 3.8) is 0 Å². The zero-order valence-corrected chi connectivity index (χ0v) is 11.2. The molecule has 0 fully saturated rings. The Morgan fingerprint density at radius 2 is 1.81 bits per heavy atom. The Morgan fingerprint density at radius 1 is 1.19 bits per heavy atom. The Balaban J connectivity index is 2.83.